The summed E-state index contributed by atoms with van der Waals surface area (Å²) in [5.41, 5.74) is 0. The van der Waals surface area contributed by atoms with E-state index in [1.54, 1.807) is 0 Å². The van der Waals surface area contributed by atoms with Gasteiger partial charge in [0.1, 0.15) is 0 Å². The Morgan fingerprint density at radius 3 is 2.08 bits per heavy atom. The summed E-state index contributed by atoms with van der Waals surface area (Å²) in [5, 5.41) is 0. The van der Waals surface area contributed by atoms with Crippen LogP contribution in [-0.2, 0) is 0 Å². The summed E-state index contributed by atoms with van der Waals surface area (Å²) < 4.78 is 0. The van der Waals surface area contributed by atoms with Crippen molar-refractivity contribution in [1.29, 1.82) is 0 Å². The Morgan fingerprint density at radius 1 is 0.917 bits per heavy atom. The highest BCUT2D eigenvalue weighted by Gasteiger charge is 2.05. The van der Waals surface area contributed by atoms with Crippen molar-refractivity contribution in [2.75, 3.05) is 6.16 Å². The Labute approximate surface area is 80.7 Å². The second-order valence-electron chi connectivity index (χ2n) is 3.73. The van der Waals surface area contributed by atoms with Gasteiger partial charge in [0.2, 0.25) is 0 Å². The molecule has 0 radical (unpaired) electrons. The SMILES string of the molecule is CCCCC(CCC)CCCP. The zero-order valence-corrected chi connectivity index (χ0v) is 9.97. The van der Waals surface area contributed by atoms with E-state index < -0.39 is 0 Å². The van der Waals surface area contributed by atoms with Gasteiger partial charge in [-0.3, -0.25) is 0 Å². The normalized spacial score (nSPS) is 13.2. The minimum Gasteiger partial charge on any atom is -0.138 e. The molecule has 2 unspecified atom stereocenters. The van der Waals surface area contributed by atoms with E-state index in [2.05, 4.69) is 23.1 Å². The third-order valence-corrected chi connectivity index (χ3v) is 2.89. The third kappa shape index (κ3) is 7.10. The lowest BCUT2D eigenvalue weighted by atomic mass is 9.93. The topological polar surface area (TPSA) is 0 Å². The monoisotopic (exact) mass is 188 g/mol. The largest absolute Gasteiger partial charge is 0.138 e. The Bertz CT molecular complexity index is 73.1. The molecule has 0 saturated heterocycles. The van der Waals surface area contributed by atoms with Crippen LogP contribution in [0.4, 0.5) is 0 Å². The molecule has 0 rings (SSSR count). The van der Waals surface area contributed by atoms with E-state index in [-0.39, 0.29) is 0 Å². The van der Waals surface area contributed by atoms with Crippen LogP contribution in [-0.4, -0.2) is 6.16 Å². The molecule has 1 heteroatoms. The predicted molar refractivity (Wildman–Crippen MR) is 61.7 cm³/mol. The highest BCUT2D eigenvalue weighted by Crippen LogP contribution is 2.20. The summed E-state index contributed by atoms with van der Waals surface area (Å²) in [6.45, 7) is 4.60. The van der Waals surface area contributed by atoms with Crippen LogP contribution >= 0.6 is 9.24 Å². The van der Waals surface area contributed by atoms with Crippen LogP contribution in [0.15, 0.2) is 0 Å². The predicted octanol–water partition coefficient (Wildman–Crippen LogP) is 4.25. The fourth-order valence-corrected chi connectivity index (χ4v) is 1.98. The van der Waals surface area contributed by atoms with Gasteiger partial charge in [-0.25, -0.2) is 0 Å². The van der Waals surface area contributed by atoms with E-state index in [4.69, 9.17) is 0 Å². The summed E-state index contributed by atoms with van der Waals surface area (Å²) in [5.74, 6) is 1.02. The molecule has 0 aliphatic carbocycles. The Hall–Kier alpha value is 0.430. The number of hydrogen-bond acceptors (Lipinski definition) is 0. The molecule has 0 heterocycles. The van der Waals surface area contributed by atoms with E-state index in [1.165, 1.54) is 51.1 Å². The van der Waals surface area contributed by atoms with E-state index in [0.29, 0.717) is 0 Å². The first-order valence-electron chi connectivity index (χ1n) is 5.55. The van der Waals surface area contributed by atoms with E-state index in [1.807, 2.05) is 0 Å². The first-order valence-corrected chi connectivity index (χ1v) is 6.36. The molecule has 0 aromatic rings. The molecular formula is C11H25P. The van der Waals surface area contributed by atoms with Gasteiger partial charge >= 0.3 is 0 Å². The average molecular weight is 188 g/mol. The van der Waals surface area contributed by atoms with Crippen LogP contribution in [0.25, 0.3) is 0 Å². The summed E-state index contributed by atoms with van der Waals surface area (Å²) >= 11 is 0. The molecule has 0 spiro atoms. The lowest BCUT2D eigenvalue weighted by Crippen LogP contribution is -2.00. The average Bonchev–Trinajstić information content (AvgIpc) is 2.10. The van der Waals surface area contributed by atoms with Crippen LogP contribution in [0.1, 0.15) is 58.8 Å². The van der Waals surface area contributed by atoms with Crippen molar-refractivity contribution in [3.05, 3.63) is 0 Å². The number of rotatable bonds is 8. The van der Waals surface area contributed by atoms with Gasteiger partial charge in [-0.05, 0) is 18.5 Å². The molecule has 74 valence electrons. The van der Waals surface area contributed by atoms with Gasteiger partial charge in [-0.1, -0.05) is 52.4 Å². The minimum absolute atomic E-state index is 1.02. The molecule has 12 heavy (non-hydrogen) atoms. The van der Waals surface area contributed by atoms with Gasteiger partial charge in [-0.2, -0.15) is 0 Å². The van der Waals surface area contributed by atoms with Gasteiger partial charge in [0.05, 0.1) is 0 Å². The van der Waals surface area contributed by atoms with Crippen molar-refractivity contribution in [3.63, 3.8) is 0 Å². The minimum atomic E-state index is 1.02. The van der Waals surface area contributed by atoms with Crippen LogP contribution in [0, 0.1) is 5.92 Å². The van der Waals surface area contributed by atoms with Crippen molar-refractivity contribution in [2.45, 2.75) is 58.8 Å². The highest BCUT2D eigenvalue weighted by molar-refractivity contribution is 7.16. The second kappa shape index (κ2) is 9.52. The molecule has 0 aromatic carbocycles. The maximum Gasteiger partial charge on any atom is -0.0381 e. The lowest BCUT2D eigenvalue weighted by molar-refractivity contribution is 0.399. The fourth-order valence-electron chi connectivity index (χ4n) is 1.74. The van der Waals surface area contributed by atoms with Gasteiger partial charge in [-0.15, -0.1) is 9.24 Å². The quantitative estimate of drug-likeness (QED) is 0.499. The summed E-state index contributed by atoms with van der Waals surface area (Å²) in [6, 6.07) is 0. The number of unbranched alkanes of at least 4 members (excludes halogenated alkanes) is 1. The molecule has 2 atom stereocenters. The highest BCUT2D eigenvalue weighted by atomic mass is 31.0. The van der Waals surface area contributed by atoms with Gasteiger partial charge in [0.15, 0.2) is 0 Å². The molecule has 0 amide bonds. The van der Waals surface area contributed by atoms with Crippen molar-refractivity contribution in [1.82, 2.24) is 0 Å². The van der Waals surface area contributed by atoms with Crippen LogP contribution < -0.4 is 0 Å². The van der Waals surface area contributed by atoms with Gasteiger partial charge < -0.3 is 0 Å². The molecule has 0 bridgehead atoms. The third-order valence-electron chi connectivity index (χ3n) is 2.48. The van der Waals surface area contributed by atoms with Crippen molar-refractivity contribution >= 4 is 9.24 Å². The number of hydrogen-bond donors (Lipinski definition) is 0. The molecule has 0 aliphatic rings. The first-order chi connectivity index (χ1) is 5.85. The molecule has 0 nitrogen and oxygen atoms in total. The Morgan fingerprint density at radius 2 is 1.58 bits per heavy atom. The molecule has 0 aromatic heterocycles. The standard InChI is InChI=1S/C11H25P/c1-3-5-8-11(7-4-2)9-6-10-12/h11H,3-10,12H2,1-2H3. The summed E-state index contributed by atoms with van der Waals surface area (Å²) in [6.07, 6.45) is 11.2. The molecule has 0 N–H and O–H groups in total. The maximum absolute atomic E-state index is 2.83. The van der Waals surface area contributed by atoms with Crippen LogP contribution in [0.2, 0.25) is 0 Å². The Balaban J connectivity index is 3.40. The fraction of sp³-hybridized carbons (Fsp3) is 1.00. The van der Waals surface area contributed by atoms with Crippen molar-refractivity contribution in [3.8, 4) is 0 Å². The zero-order chi connectivity index (χ0) is 9.23. The smallest absolute Gasteiger partial charge is 0.0381 e. The van der Waals surface area contributed by atoms with Crippen LogP contribution in [0.3, 0.4) is 0 Å². The molecular weight excluding hydrogens is 163 g/mol. The molecule has 0 aliphatic heterocycles. The van der Waals surface area contributed by atoms with E-state index in [9.17, 15) is 0 Å². The van der Waals surface area contributed by atoms with E-state index >= 15 is 0 Å². The maximum atomic E-state index is 2.83. The van der Waals surface area contributed by atoms with Crippen LogP contribution in [0.5, 0.6) is 0 Å². The first kappa shape index (κ1) is 12.4. The zero-order valence-electron chi connectivity index (χ0n) is 8.81. The molecule has 0 fully saturated rings. The van der Waals surface area contributed by atoms with E-state index in [0.717, 1.165) is 5.92 Å². The Kier molecular flexibility index (Phi) is 9.86. The van der Waals surface area contributed by atoms with Crippen molar-refractivity contribution in [2.24, 2.45) is 5.92 Å². The van der Waals surface area contributed by atoms with Crippen molar-refractivity contribution < 1.29 is 0 Å². The van der Waals surface area contributed by atoms with Gasteiger partial charge in [0, 0.05) is 0 Å². The summed E-state index contributed by atoms with van der Waals surface area (Å²) in [7, 11) is 2.83. The second-order valence-corrected chi connectivity index (χ2v) is 4.31. The lowest BCUT2D eigenvalue weighted by Gasteiger charge is -2.14. The van der Waals surface area contributed by atoms with Gasteiger partial charge in [0.25, 0.3) is 0 Å². The molecule has 0 saturated carbocycles. The summed E-state index contributed by atoms with van der Waals surface area (Å²) in [4.78, 5) is 0.